The van der Waals surface area contributed by atoms with Crippen LogP contribution < -0.4 is 22.8 Å². The Morgan fingerprint density at radius 2 is 1.82 bits per heavy atom. The molecule has 12 nitrogen and oxygen atoms in total. The van der Waals surface area contributed by atoms with Crippen molar-refractivity contribution in [2.45, 2.75) is 58.3 Å². The zero-order chi connectivity index (χ0) is 25.3. The van der Waals surface area contributed by atoms with E-state index in [9.17, 15) is 14.4 Å². The number of H-pyrrole nitrogens is 1. The van der Waals surface area contributed by atoms with Crippen LogP contribution in [0.1, 0.15) is 40.2 Å². The molecule has 0 spiro atoms. The second-order valence-corrected chi connectivity index (χ2v) is 9.35. The Labute approximate surface area is 196 Å². The SMILES string of the molecule is C=C1[C@H](COC(=O)C(N)C(C)C)[C@@H](OC(=O)C(N)C(C)C)C[C@@H]1n1cnc2c(=O)[nH]c(N)nc21. The van der Waals surface area contributed by atoms with Crippen molar-refractivity contribution in [1.29, 1.82) is 0 Å². The largest absolute Gasteiger partial charge is 0.464 e. The molecule has 0 aromatic carbocycles. The van der Waals surface area contributed by atoms with Gasteiger partial charge in [-0.2, -0.15) is 4.98 Å². The molecule has 0 aliphatic heterocycles. The molecule has 0 saturated heterocycles. The molecule has 3 rings (SSSR count). The number of aromatic nitrogens is 4. The smallest absolute Gasteiger partial charge is 0.323 e. The number of ether oxygens (including phenoxy) is 2. The first-order chi connectivity index (χ1) is 15.9. The summed E-state index contributed by atoms with van der Waals surface area (Å²) in [5.41, 5.74) is 18.1. The highest BCUT2D eigenvalue weighted by Gasteiger charge is 2.43. The Morgan fingerprint density at radius 3 is 2.44 bits per heavy atom. The number of nitrogens with zero attached hydrogens (tertiary/aromatic N) is 3. The normalized spacial score (nSPS) is 22.4. The Bertz CT molecular complexity index is 1140. The monoisotopic (exact) mass is 475 g/mol. The average Bonchev–Trinajstić information content (AvgIpc) is 3.31. The van der Waals surface area contributed by atoms with Crippen molar-refractivity contribution in [2.75, 3.05) is 12.3 Å². The molecule has 0 radical (unpaired) electrons. The van der Waals surface area contributed by atoms with Crippen LogP contribution in [0.25, 0.3) is 11.2 Å². The molecule has 2 aromatic rings. The molecular weight excluding hydrogens is 442 g/mol. The van der Waals surface area contributed by atoms with E-state index in [0.29, 0.717) is 12.0 Å². The van der Waals surface area contributed by atoms with Crippen molar-refractivity contribution in [1.82, 2.24) is 19.5 Å². The number of imidazole rings is 1. The van der Waals surface area contributed by atoms with Gasteiger partial charge in [-0.1, -0.05) is 34.3 Å². The highest BCUT2D eigenvalue weighted by Crippen LogP contribution is 2.42. The van der Waals surface area contributed by atoms with Gasteiger partial charge in [-0.15, -0.1) is 0 Å². The van der Waals surface area contributed by atoms with E-state index in [1.807, 2.05) is 27.7 Å². The number of carbonyl (C=O) groups is 2. The van der Waals surface area contributed by atoms with E-state index in [2.05, 4.69) is 21.5 Å². The molecule has 2 unspecified atom stereocenters. The molecule has 2 aromatic heterocycles. The fourth-order valence-corrected chi connectivity index (χ4v) is 3.87. The fraction of sp³-hybridized carbons (Fsp3) is 0.591. The van der Waals surface area contributed by atoms with E-state index in [4.69, 9.17) is 26.7 Å². The number of hydrogen-bond donors (Lipinski definition) is 4. The van der Waals surface area contributed by atoms with Crippen LogP contribution in [0.3, 0.4) is 0 Å². The van der Waals surface area contributed by atoms with Gasteiger partial charge in [-0.05, 0) is 17.4 Å². The summed E-state index contributed by atoms with van der Waals surface area (Å²) in [5.74, 6) is -1.90. The molecule has 1 aliphatic rings. The van der Waals surface area contributed by atoms with Crippen LogP contribution in [0, 0.1) is 17.8 Å². The maximum Gasteiger partial charge on any atom is 0.323 e. The summed E-state index contributed by atoms with van der Waals surface area (Å²) in [5, 5.41) is 0. The minimum absolute atomic E-state index is 0.0538. The summed E-state index contributed by atoms with van der Waals surface area (Å²) >= 11 is 0. The predicted octanol–water partition coefficient (Wildman–Crippen LogP) is 0.241. The molecule has 1 fully saturated rings. The number of hydrogen-bond acceptors (Lipinski definition) is 10. The van der Waals surface area contributed by atoms with Gasteiger partial charge in [0.25, 0.3) is 5.56 Å². The summed E-state index contributed by atoms with van der Waals surface area (Å²) in [4.78, 5) is 47.9. The lowest BCUT2D eigenvalue weighted by molar-refractivity contribution is -0.156. The molecule has 186 valence electrons. The number of rotatable bonds is 8. The van der Waals surface area contributed by atoms with Crippen molar-refractivity contribution >= 4 is 29.1 Å². The number of esters is 2. The summed E-state index contributed by atoms with van der Waals surface area (Å²) in [6.45, 7) is 11.4. The van der Waals surface area contributed by atoms with Crippen LogP contribution in [0.15, 0.2) is 23.3 Å². The number of fused-ring (bicyclic) bond motifs is 1. The number of nitrogens with two attached hydrogens (primary N) is 3. The fourth-order valence-electron chi connectivity index (χ4n) is 3.87. The molecule has 1 aliphatic carbocycles. The van der Waals surface area contributed by atoms with Crippen molar-refractivity contribution in [3.05, 3.63) is 28.8 Å². The van der Waals surface area contributed by atoms with Gasteiger partial charge < -0.3 is 31.2 Å². The minimum atomic E-state index is -0.807. The number of nitrogens with one attached hydrogen (secondary N) is 1. The Balaban J connectivity index is 1.90. The van der Waals surface area contributed by atoms with Gasteiger partial charge in [0.1, 0.15) is 24.8 Å². The third-order valence-corrected chi connectivity index (χ3v) is 6.25. The van der Waals surface area contributed by atoms with E-state index >= 15 is 0 Å². The number of aromatic amines is 1. The first-order valence-corrected chi connectivity index (χ1v) is 11.2. The zero-order valence-corrected chi connectivity index (χ0v) is 19.9. The minimum Gasteiger partial charge on any atom is -0.464 e. The first-order valence-electron chi connectivity index (χ1n) is 11.2. The second kappa shape index (κ2) is 9.94. The van der Waals surface area contributed by atoms with E-state index in [-0.39, 0.29) is 35.6 Å². The van der Waals surface area contributed by atoms with Crippen molar-refractivity contribution in [3.8, 4) is 0 Å². The van der Waals surface area contributed by atoms with Crippen LogP contribution in [-0.4, -0.2) is 56.3 Å². The van der Waals surface area contributed by atoms with Gasteiger partial charge in [0, 0.05) is 6.42 Å². The molecule has 2 heterocycles. The second-order valence-electron chi connectivity index (χ2n) is 9.35. The van der Waals surface area contributed by atoms with Gasteiger partial charge in [0.15, 0.2) is 11.2 Å². The molecule has 0 amide bonds. The molecule has 5 atom stereocenters. The number of carbonyl (C=O) groups excluding carboxylic acids is 2. The van der Waals surface area contributed by atoms with Crippen LogP contribution >= 0.6 is 0 Å². The lowest BCUT2D eigenvalue weighted by Crippen LogP contribution is -2.41. The molecular formula is C22H33N7O5. The predicted molar refractivity (Wildman–Crippen MR) is 125 cm³/mol. The van der Waals surface area contributed by atoms with E-state index in [1.165, 1.54) is 6.33 Å². The standard InChI is InChI=1S/C22H33N7O5/c1-9(2)15(23)20(31)33-7-12-11(5)13(6-14(12)34-21(32)16(24)10(3)4)29-8-26-17-18(29)27-22(25)28-19(17)30/h8-10,12-16H,5-7,23-24H2,1-4H3,(H3,25,27,28,30)/t12-,13-,14-,15?,16?/m0/s1. The van der Waals surface area contributed by atoms with Gasteiger partial charge in [-0.25, -0.2) is 4.98 Å². The summed E-state index contributed by atoms with van der Waals surface area (Å²) < 4.78 is 12.9. The third-order valence-electron chi connectivity index (χ3n) is 6.25. The Kier molecular flexibility index (Phi) is 7.41. The maximum absolute atomic E-state index is 12.6. The molecule has 34 heavy (non-hydrogen) atoms. The maximum atomic E-state index is 12.6. The van der Waals surface area contributed by atoms with Gasteiger partial charge in [0.05, 0.1) is 18.3 Å². The lowest BCUT2D eigenvalue weighted by Gasteiger charge is -2.24. The van der Waals surface area contributed by atoms with Gasteiger partial charge in [0.2, 0.25) is 5.95 Å². The van der Waals surface area contributed by atoms with Crippen LogP contribution in [0.2, 0.25) is 0 Å². The molecule has 0 bridgehead atoms. The lowest BCUT2D eigenvalue weighted by atomic mass is 10.0. The summed E-state index contributed by atoms with van der Waals surface area (Å²) in [7, 11) is 0. The number of anilines is 1. The zero-order valence-electron chi connectivity index (χ0n) is 19.9. The van der Waals surface area contributed by atoms with E-state index in [1.54, 1.807) is 4.57 Å². The highest BCUT2D eigenvalue weighted by atomic mass is 16.6. The number of nitrogen functional groups attached to an aromatic ring is 1. The van der Waals surface area contributed by atoms with Gasteiger partial charge >= 0.3 is 11.9 Å². The Hall–Kier alpha value is -3.25. The average molecular weight is 476 g/mol. The van der Waals surface area contributed by atoms with Crippen molar-refractivity contribution in [2.24, 2.45) is 29.2 Å². The van der Waals surface area contributed by atoms with E-state index < -0.39 is 47.6 Å². The molecule has 1 saturated carbocycles. The first kappa shape index (κ1) is 25.4. The highest BCUT2D eigenvalue weighted by molar-refractivity contribution is 5.76. The van der Waals surface area contributed by atoms with Gasteiger partial charge in [-0.3, -0.25) is 19.4 Å². The molecule has 7 N–H and O–H groups in total. The van der Waals surface area contributed by atoms with Crippen LogP contribution in [-0.2, 0) is 19.1 Å². The van der Waals surface area contributed by atoms with Crippen molar-refractivity contribution in [3.63, 3.8) is 0 Å². The van der Waals surface area contributed by atoms with Crippen LogP contribution in [0.5, 0.6) is 0 Å². The third kappa shape index (κ3) is 4.97. The summed E-state index contributed by atoms with van der Waals surface area (Å²) in [6.07, 6.45) is 1.09. The quantitative estimate of drug-likeness (QED) is 0.303. The van der Waals surface area contributed by atoms with Crippen molar-refractivity contribution < 1.29 is 19.1 Å². The Morgan fingerprint density at radius 1 is 1.21 bits per heavy atom. The van der Waals surface area contributed by atoms with E-state index in [0.717, 1.165) is 0 Å². The summed E-state index contributed by atoms with van der Waals surface area (Å²) in [6, 6.07) is -2.02. The van der Waals surface area contributed by atoms with Crippen LogP contribution in [0.4, 0.5) is 5.95 Å². The molecule has 12 heteroatoms. The topological polar surface area (TPSA) is 194 Å².